The Hall–Kier alpha value is -2.33. The van der Waals surface area contributed by atoms with E-state index in [1.807, 2.05) is 36.7 Å². The van der Waals surface area contributed by atoms with E-state index >= 15 is 0 Å². The van der Waals surface area contributed by atoms with Gasteiger partial charge in [-0.25, -0.2) is 0 Å². The summed E-state index contributed by atoms with van der Waals surface area (Å²) in [6, 6.07) is 12.4. The second-order valence-electron chi connectivity index (χ2n) is 5.18. The molecule has 0 amide bonds. The van der Waals surface area contributed by atoms with Crippen molar-refractivity contribution in [3.8, 4) is 5.69 Å². The molecular weight excluding hydrogens is 262 g/mol. The number of hydrogen-bond donors (Lipinski definition) is 0. The first-order chi connectivity index (χ1) is 10.3. The molecule has 0 fully saturated rings. The zero-order valence-electron chi connectivity index (χ0n) is 12.3. The summed E-state index contributed by atoms with van der Waals surface area (Å²) in [6.45, 7) is 3.00. The summed E-state index contributed by atoms with van der Waals surface area (Å²) in [5.41, 5.74) is 2.37. The molecule has 0 aliphatic heterocycles. The maximum atomic E-state index is 5.49. The van der Waals surface area contributed by atoms with Crippen LogP contribution in [0.3, 0.4) is 0 Å². The number of rotatable bonds is 5. The maximum absolute atomic E-state index is 5.49. The predicted molar refractivity (Wildman–Crippen MR) is 82.2 cm³/mol. The topological polar surface area (TPSA) is 34.2 Å². The molecule has 1 atom stereocenters. The van der Waals surface area contributed by atoms with Crippen molar-refractivity contribution >= 4 is 0 Å². The molecule has 3 rings (SSSR count). The predicted octanol–water partition coefficient (Wildman–Crippen LogP) is 3.66. The van der Waals surface area contributed by atoms with Gasteiger partial charge in [-0.3, -0.25) is 9.88 Å². The van der Waals surface area contributed by atoms with E-state index in [1.165, 1.54) is 5.69 Å². The van der Waals surface area contributed by atoms with Crippen LogP contribution in [0.5, 0.6) is 0 Å². The molecule has 0 saturated heterocycles. The second-order valence-corrected chi connectivity index (χ2v) is 5.18. The van der Waals surface area contributed by atoms with Gasteiger partial charge in [0.05, 0.1) is 12.3 Å². The van der Waals surface area contributed by atoms with Gasteiger partial charge in [0.15, 0.2) is 0 Å². The monoisotopic (exact) mass is 281 g/mol. The van der Waals surface area contributed by atoms with Crippen LogP contribution in [-0.4, -0.2) is 21.5 Å². The highest BCUT2D eigenvalue weighted by Gasteiger charge is 2.15. The highest BCUT2D eigenvalue weighted by atomic mass is 16.3. The van der Waals surface area contributed by atoms with Crippen molar-refractivity contribution in [1.82, 2.24) is 14.5 Å². The maximum Gasteiger partial charge on any atom is 0.120 e. The molecule has 0 aromatic carbocycles. The van der Waals surface area contributed by atoms with E-state index in [4.69, 9.17) is 4.42 Å². The van der Waals surface area contributed by atoms with Gasteiger partial charge in [-0.2, -0.15) is 0 Å². The lowest BCUT2D eigenvalue weighted by atomic mass is 10.2. The molecule has 3 heterocycles. The molecule has 21 heavy (non-hydrogen) atoms. The van der Waals surface area contributed by atoms with Crippen LogP contribution < -0.4 is 0 Å². The molecule has 0 unspecified atom stereocenters. The van der Waals surface area contributed by atoms with Crippen LogP contribution in [0, 0.1) is 0 Å². The summed E-state index contributed by atoms with van der Waals surface area (Å²) < 4.78 is 7.68. The van der Waals surface area contributed by atoms with Crippen LogP contribution in [0.1, 0.15) is 24.4 Å². The van der Waals surface area contributed by atoms with E-state index in [-0.39, 0.29) is 6.04 Å². The van der Waals surface area contributed by atoms with E-state index in [2.05, 4.69) is 46.8 Å². The molecule has 0 aliphatic rings. The summed E-state index contributed by atoms with van der Waals surface area (Å²) in [6.07, 6.45) is 7.43. The van der Waals surface area contributed by atoms with Crippen molar-refractivity contribution in [2.45, 2.75) is 19.5 Å². The summed E-state index contributed by atoms with van der Waals surface area (Å²) in [5.74, 6) is 0.986. The van der Waals surface area contributed by atoms with Crippen LogP contribution in [0.4, 0.5) is 0 Å². The van der Waals surface area contributed by atoms with E-state index in [9.17, 15) is 0 Å². The van der Waals surface area contributed by atoms with Crippen molar-refractivity contribution in [3.05, 3.63) is 72.7 Å². The average Bonchev–Trinajstić information content (AvgIpc) is 3.19. The fourth-order valence-electron chi connectivity index (χ4n) is 2.44. The summed E-state index contributed by atoms with van der Waals surface area (Å²) >= 11 is 0. The van der Waals surface area contributed by atoms with Gasteiger partial charge in [0.1, 0.15) is 5.76 Å². The minimum atomic E-state index is 0.237. The van der Waals surface area contributed by atoms with Gasteiger partial charge in [0.25, 0.3) is 0 Å². The third kappa shape index (κ3) is 2.90. The second kappa shape index (κ2) is 5.97. The van der Waals surface area contributed by atoms with Crippen molar-refractivity contribution < 1.29 is 4.42 Å². The standard InChI is InChI=1S/C17H19N3O/c1-14(17-6-4-12-21-17)19(2)13-16-5-3-11-20(16)15-7-9-18-10-8-15/h3-12,14H,13H2,1-2H3/t14-/m0/s1. The van der Waals surface area contributed by atoms with Gasteiger partial charge >= 0.3 is 0 Å². The van der Waals surface area contributed by atoms with Gasteiger partial charge in [-0.1, -0.05) is 0 Å². The fourth-order valence-corrected chi connectivity index (χ4v) is 2.44. The molecule has 4 nitrogen and oxygen atoms in total. The van der Waals surface area contributed by atoms with Gasteiger partial charge < -0.3 is 8.98 Å². The van der Waals surface area contributed by atoms with Gasteiger partial charge in [-0.15, -0.1) is 0 Å². The lowest BCUT2D eigenvalue weighted by Crippen LogP contribution is -2.22. The number of aromatic nitrogens is 2. The molecule has 0 bridgehead atoms. The third-order valence-electron chi connectivity index (χ3n) is 3.80. The Labute approximate surface area is 124 Å². The van der Waals surface area contributed by atoms with Gasteiger partial charge in [0, 0.05) is 36.5 Å². The van der Waals surface area contributed by atoms with Crippen LogP contribution >= 0.6 is 0 Å². The quantitative estimate of drug-likeness (QED) is 0.715. The average molecular weight is 281 g/mol. The Morgan fingerprint density at radius 2 is 2.00 bits per heavy atom. The number of hydrogen-bond acceptors (Lipinski definition) is 3. The van der Waals surface area contributed by atoms with E-state index in [0.717, 1.165) is 18.0 Å². The summed E-state index contributed by atoms with van der Waals surface area (Å²) in [7, 11) is 2.11. The largest absolute Gasteiger partial charge is 0.468 e. The Morgan fingerprint density at radius 3 is 2.71 bits per heavy atom. The summed E-state index contributed by atoms with van der Waals surface area (Å²) in [4.78, 5) is 6.34. The van der Waals surface area contributed by atoms with Crippen molar-refractivity contribution in [3.63, 3.8) is 0 Å². The van der Waals surface area contributed by atoms with Crippen LogP contribution in [-0.2, 0) is 6.54 Å². The molecule has 0 N–H and O–H groups in total. The lowest BCUT2D eigenvalue weighted by molar-refractivity contribution is 0.220. The van der Waals surface area contributed by atoms with Crippen LogP contribution in [0.25, 0.3) is 5.69 Å². The van der Waals surface area contributed by atoms with E-state index < -0.39 is 0 Å². The minimum Gasteiger partial charge on any atom is -0.468 e. The number of pyridine rings is 1. The molecule has 3 aromatic rings. The molecule has 3 aromatic heterocycles. The SMILES string of the molecule is C[C@@H](c1ccco1)N(C)Cc1cccn1-c1ccncc1. The Balaban J connectivity index is 1.78. The molecule has 108 valence electrons. The number of nitrogens with zero attached hydrogens (tertiary/aromatic N) is 3. The highest BCUT2D eigenvalue weighted by molar-refractivity contribution is 5.32. The zero-order valence-corrected chi connectivity index (χ0v) is 12.3. The normalized spacial score (nSPS) is 12.7. The van der Waals surface area contributed by atoms with Crippen molar-refractivity contribution in [2.24, 2.45) is 0 Å². The van der Waals surface area contributed by atoms with E-state index in [1.54, 1.807) is 6.26 Å². The minimum absolute atomic E-state index is 0.237. The third-order valence-corrected chi connectivity index (χ3v) is 3.80. The Morgan fingerprint density at radius 1 is 1.19 bits per heavy atom. The molecule has 0 spiro atoms. The first kappa shape index (κ1) is 13.6. The van der Waals surface area contributed by atoms with Gasteiger partial charge in [0.2, 0.25) is 0 Å². The molecule has 0 saturated carbocycles. The van der Waals surface area contributed by atoms with Gasteiger partial charge in [-0.05, 0) is 50.4 Å². The Bertz CT molecular complexity index is 673. The highest BCUT2D eigenvalue weighted by Crippen LogP contribution is 2.22. The van der Waals surface area contributed by atoms with Crippen LogP contribution in [0.15, 0.2) is 65.7 Å². The fraction of sp³-hybridized carbons (Fsp3) is 0.235. The Kier molecular flexibility index (Phi) is 3.88. The van der Waals surface area contributed by atoms with Crippen molar-refractivity contribution in [2.75, 3.05) is 7.05 Å². The first-order valence-electron chi connectivity index (χ1n) is 7.06. The van der Waals surface area contributed by atoms with Crippen molar-refractivity contribution in [1.29, 1.82) is 0 Å². The molecular formula is C17H19N3O. The smallest absolute Gasteiger partial charge is 0.120 e. The first-order valence-corrected chi connectivity index (χ1v) is 7.06. The van der Waals surface area contributed by atoms with E-state index in [0.29, 0.717) is 0 Å². The molecule has 0 radical (unpaired) electrons. The molecule has 0 aliphatic carbocycles. The van der Waals surface area contributed by atoms with Crippen LogP contribution in [0.2, 0.25) is 0 Å². The molecule has 4 heteroatoms. The number of furan rings is 1. The summed E-state index contributed by atoms with van der Waals surface area (Å²) in [5, 5.41) is 0. The lowest BCUT2D eigenvalue weighted by Gasteiger charge is -2.23. The zero-order chi connectivity index (χ0) is 14.7.